The van der Waals surface area contributed by atoms with Crippen LogP contribution in [-0.4, -0.2) is 21.3 Å². The smallest absolute Gasteiger partial charge is 0.335 e. The van der Waals surface area contributed by atoms with Crippen molar-refractivity contribution >= 4 is 17.3 Å². The summed E-state index contributed by atoms with van der Waals surface area (Å²) in [5.41, 5.74) is 1.35. The van der Waals surface area contributed by atoms with Gasteiger partial charge in [-0.1, -0.05) is 19.1 Å². The van der Waals surface area contributed by atoms with Crippen LogP contribution in [0.25, 0.3) is 0 Å². The Morgan fingerprint density at radius 1 is 1.21 bits per heavy atom. The maximum atomic E-state index is 10.7. The molecule has 2 rings (SSSR count). The molecule has 0 spiro atoms. The second-order valence-corrected chi connectivity index (χ2v) is 5.20. The summed E-state index contributed by atoms with van der Waals surface area (Å²) < 4.78 is 0. The Balaban J connectivity index is 1.83. The lowest BCUT2D eigenvalue weighted by Crippen LogP contribution is -2.12. The quantitative estimate of drug-likeness (QED) is 0.845. The van der Waals surface area contributed by atoms with Crippen molar-refractivity contribution in [3.63, 3.8) is 0 Å². The molecule has 0 amide bonds. The van der Waals surface area contributed by atoms with E-state index in [-0.39, 0.29) is 0 Å². The zero-order valence-electron chi connectivity index (χ0n) is 10.6. The second kappa shape index (κ2) is 6.40. The van der Waals surface area contributed by atoms with Crippen molar-refractivity contribution in [3.8, 4) is 0 Å². The van der Waals surface area contributed by atoms with E-state index in [0.29, 0.717) is 18.7 Å². The maximum absolute atomic E-state index is 10.7. The van der Waals surface area contributed by atoms with Crippen molar-refractivity contribution in [2.24, 2.45) is 0 Å². The van der Waals surface area contributed by atoms with Gasteiger partial charge >= 0.3 is 5.97 Å². The predicted octanol–water partition coefficient (Wildman–Crippen LogP) is 2.09. The minimum Gasteiger partial charge on any atom is -0.478 e. The molecule has 100 valence electrons. The summed E-state index contributed by atoms with van der Waals surface area (Å²) >= 11 is 1.61. The minimum atomic E-state index is -0.902. The number of aryl methyl sites for hydroxylation is 1. The predicted molar refractivity (Wildman–Crippen MR) is 73.2 cm³/mol. The molecular formula is C13H15N3O2S. The van der Waals surface area contributed by atoms with Crippen molar-refractivity contribution in [2.45, 2.75) is 26.4 Å². The van der Waals surface area contributed by atoms with Gasteiger partial charge in [-0.25, -0.2) is 4.79 Å². The molecule has 1 heterocycles. The van der Waals surface area contributed by atoms with E-state index in [9.17, 15) is 4.79 Å². The van der Waals surface area contributed by atoms with Crippen LogP contribution in [0.3, 0.4) is 0 Å². The molecule has 6 heteroatoms. The molecule has 19 heavy (non-hydrogen) atoms. The second-order valence-electron chi connectivity index (χ2n) is 4.05. The number of nitrogens with one attached hydrogen (secondary N) is 1. The Labute approximate surface area is 115 Å². The monoisotopic (exact) mass is 277 g/mol. The van der Waals surface area contributed by atoms with Crippen molar-refractivity contribution in [1.29, 1.82) is 0 Å². The highest BCUT2D eigenvalue weighted by Gasteiger charge is 2.03. The third-order valence-electron chi connectivity index (χ3n) is 2.62. The van der Waals surface area contributed by atoms with Gasteiger partial charge in [0.1, 0.15) is 10.0 Å². The SMILES string of the molecule is CCc1nnc(CNCc2ccc(C(=O)O)cc2)s1. The Kier molecular flexibility index (Phi) is 4.59. The number of benzene rings is 1. The lowest BCUT2D eigenvalue weighted by atomic mass is 10.1. The molecule has 0 aliphatic carbocycles. The topological polar surface area (TPSA) is 75.1 Å². The lowest BCUT2D eigenvalue weighted by molar-refractivity contribution is 0.0697. The van der Waals surface area contributed by atoms with E-state index in [4.69, 9.17) is 5.11 Å². The molecule has 0 saturated heterocycles. The van der Waals surface area contributed by atoms with Crippen molar-refractivity contribution < 1.29 is 9.90 Å². The third-order valence-corrected chi connectivity index (χ3v) is 3.68. The molecule has 0 bridgehead atoms. The fourth-order valence-corrected chi connectivity index (χ4v) is 2.34. The van der Waals surface area contributed by atoms with E-state index in [0.717, 1.165) is 22.0 Å². The fraction of sp³-hybridized carbons (Fsp3) is 0.308. The van der Waals surface area contributed by atoms with Gasteiger partial charge in [0.05, 0.1) is 5.56 Å². The molecule has 0 unspecified atom stereocenters. The number of carboxylic acid groups (broad SMARTS) is 1. The van der Waals surface area contributed by atoms with Gasteiger partial charge in [-0.15, -0.1) is 21.5 Å². The number of nitrogens with zero attached hydrogens (tertiary/aromatic N) is 2. The normalized spacial score (nSPS) is 10.6. The number of rotatable bonds is 6. The van der Waals surface area contributed by atoms with E-state index < -0.39 is 5.97 Å². The van der Waals surface area contributed by atoms with Crippen LogP contribution in [0, 0.1) is 0 Å². The fourth-order valence-electron chi connectivity index (χ4n) is 1.58. The molecule has 0 aliphatic heterocycles. The van der Waals surface area contributed by atoms with Gasteiger partial charge in [0, 0.05) is 13.1 Å². The van der Waals surface area contributed by atoms with E-state index in [1.807, 2.05) is 12.1 Å². The van der Waals surface area contributed by atoms with Crippen molar-refractivity contribution in [1.82, 2.24) is 15.5 Å². The molecule has 0 radical (unpaired) electrons. The molecule has 1 aromatic carbocycles. The van der Waals surface area contributed by atoms with Crippen LogP contribution in [0.15, 0.2) is 24.3 Å². The minimum absolute atomic E-state index is 0.306. The van der Waals surface area contributed by atoms with Gasteiger partial charge in [0.2, 0.25) is 0 Å². The van der Waals surface area contributed by atoms with Crippen molar-refractivity contribution in [2.75, 3.05) is 0 Å². The number of hydrogen-bond donors (Lipinski definition) is 2. The lowest BCUT2D eigenvalue weighted by Gasteiger charge is -2.03. The first kappa shape index (κ1) is 13.6. The summed E-state index contributed by atoms with van der Waals surface area (Å²) in [7, 11) is 0. The highest BCUT2D eigenvalue weighted by molar-refractivity contribution is 7.11. The first-order chi connectivity index (χ1) is 9.19. The molecule has 0 fully saturated rings. The number of aromatic nitrogens is 2. The van der Waals surface area contributed by atoms with Crippen LogP contribution in [0.5, 0.6) is 0 Å². The third kappa shape index (κ3) is 3.84. The molecule has 2 aromatic rings. The van der Waals surface area contributed by atoms with Crippen molar-refractivity contribution in [3.05, 3.63) is 45.4 Å². The number of carbonyl (C=O) groups is 1. The highest BCUT2D eigenvalue weighted by Crippen LogP contribution is 2.10. The Bertz CT molecular complexity index is 551. The molecule has 2 N–H and O–H groups in total. The van der Waals surface area contributed by atoms with E-state index >= 15 is 0 Å². The molecule has 0 saturated carbocycles. The number of hydrogen-bond acceptors (Lipinski definition) is 5. The van der Waals surface area contributed by atoms with Crippen LogP contribution >= 0.6 is 11.3 Å². The van der Waals surface area contributed by atoms with Crippen LogP contribution in [-0.2, 0) is 19.5 Å². The van der Waals surface area contributed by atoms with Gasteiger partial charge in [0.15, 0.2) is 0 Å². The summed E-state index contributed by atoms with van der Waals surface area (Å²) in [5.74, 6) is -0.902. The summed E-state index contributed by atoms with van der Waals surface area (Å²) in [6.07, 6.45) is 0.911. The van der Waals surface area contributed by atoms with Gasteiger partial charge in [0.25, 0.3) is 0 Å². The first-order valence-electron chi connectivity index (χ1n) is 6.03. The summed E-state index contributed by atoms with van der Waals surface area (Å²) in [4.78, 5) is 10.7. The Morgan fingerprint density at radius 3 is 2.47 bits per heavy atom. The zero-order valence-corrected chi connectivity index (χ0v) is 11.4. The van der Waals surface area contributed by atoms with Gasteiger partial charge in [-0.2, -0.15) is 0 Å². The maximum Gasteiger partial charge on any atom is 0.335 e. The number of carboxylic acids is 1. The molecule has 0 atom stereocenters. The van der Waals surface area contributed by atoms with E-state index in [2.05, 4.69) is 22.4 Å². The summed E-state index contributed by atoms with van der Waals surface area (Å²) in [5, 5.41) is 22.2. The molecule has 1 aromatic heterocycles. The average molecular weight is 277 g/mol. The van der Waals surface area contributed by atoms with E-state index in [1.165, 1.54) is 0 Å². The zero-order chi connectivity index (χ0) is 13.7. The Hall–Kier alpha value is -1.79. The van der Waals surface area contributed by atoms with Gasteiger partial charge < -0.3 is 10.4 Å². The largest absolute Gasteiger partial charge is 0.478 e. The standard InChI is InChI=1S/C13H15N3O2S/c1-2-11-15-16-12(19-11)8-14-7-9-3-5-10(6-4-9)13(17)18/h3-6,14H,2,7-8H2,1H3,(H,17,18). The van der Waals surface area contributed by atoms with Crippen LogP contribution in [0.2, 0.25) is 0 Å². The van der Waals surface area contributed by atoms with Crippen LogP contribution in [0.4, 0.5) is 0 Å². The highest BCUT2D eigenvalue weighted by atomic mass is 32.1. The summed E-state index contributed by atoms with van der Waals surface area (Å²) in [6.45, 7) is 3.42. The van der Waals surface area contributed by atoms with Gasteiger partial charge in [-0.3, -0.25) is 0 Å². The van der Waals surface area contributed by atoms with Gasteiger partial charge in [-0.05, 0) is 24.1 Å². The van der Waals surface area contributed by atoms with E-state index in [1.54, 1.807) is 23.5 Å². The molecule has 5 nitrogen and oxygen atoms in total. The van der Waals surface area contributed by atoms with Crippen LogP contribution < -0.4 is 5.32 Å². The molecular weight excluding hydrogens is 262 g/mol. The average Bonchev–Trinajstić information content (AvgIpc) is 2.87. The number of aromatic carboxylic acids is 1. The summed E-state index contributed by atoms with van der Waals surface area (Å²) in [6, 6.07) is 6.85. The van der Waals surface area contributed by atoms with Crippen LogP contribution in [0.1, 0.15) is 32.9 Å². The first-order valence-corrected chi connectivity index (χ1v) is 6.85. The molecule has 0 aliphatic rings. The Morgan fingerprint density at radius 2 is 1.89 bits per heavy atom.